The molecule has 2 N–H and O–H groups in total. The SMILES string of the molecule is CCN(CC)C1CCN(c2cc(N)c(C(C)=O)s2)C1. The third kappa shape index (κ3) is 2.92. The molecule has 0 bridgehead atoms. The number of carbonyl (C=O) groups excluding carboxylic acids is 1. The molecule has 1 fully saturated rings. The Labute approximate surface area is 119 Å². The second-order valence-corrected chi connectivity index (χ2v) is 6.07. The highest BCUT2D eigenvalue weighted by molar-refractivity contribution is 7.18. The second kappa shape index (κ2) is 5.92. The largest absolute Gasteiger partial charge is 0.397 e. The summed E-state index contributed by atoms with van der Waals surface area (Å²) in [4.78, 5) is 17.0. The molecule has 0 aromatic carbocycles. The van der Waals surface area contributed by atoms with E-state index in [4.69, 9.17) is 5.73 Å². The molecular weight excluding hydrogens is 258 g/mol. The van der Waals surface area contributed by atoms with Gasteiger partial charge < -0.3 is 10.6 Å². The molecule has 4 nitrogen and oxygen atoms in total. The lowest BCUT2D eigenvalue weighted by Crippen LogP contribution is -2.37. The van der Waals surface area contributed by atoms with Crippen LogP contribution in [0.3, 0.4) is 0 Å². The van der Waals surface area contributed by atoms with Gasteiger partial charge in [-0.1, -0.05) is 13.8 Å². The number of carbonyl (C=O) groups is 1. The molecule has 1 saturated heterocycles. The van der Waals surface area contributed by atoms with Crippen LogP contribution in [0.1, 0.15) is 36.9 Å². The van der Waals surface area contributed by atoms with Crippen LogP contribution in [0.15, 0.2) is 6.07 Å². The van der Waals surface area contributed by atoms with Crippen molar-refractivity contribution in [1.29, 1.82) is 0 Å². The Balaban J connectivity index is 2.08. The van der Waals surface area contributed by atoms with Crippen LogP contribution < -0.4 is 10.6 Å². The molecule has 0 radical (unpaired) electrons. The van der Waals surface area contributed by atoms with Crippen molar-refractivity contribution >= 4 is 27.8 Å². The highest BCUT2D eigenvalue weighted by Crippen LogP contribution is 2.34. The molecule has 0 amide bonds. The zero-order valence-electron chi connectivity index (χ0n) is 12.0. The van der Waals surface area contributed by atoms with E-state index in [0.29, 0.717) is 16.6 Å². The number of rotatable bonds is 5. The van der Waals surface area contributed by atoms with E-state index in [1.165, 1.54) is 17.8 Å². The van der Waals surface area contributed by atoms with Gasteiger partial charge in [-0.2, -0.15) is 0 Å². The van der Waals surface area contributed by atoms with Gasteiger partial charge in [0, 0.05) is 26.1 Å². The van der Waals surface area contributed by atoms with E-state index < -0.39 is 0 Å². The van der Waals surface area contributed by atoms with E-state index in [9.17, 15) is 4.79 Å². The van der Waals surface area contributed by atoms with Gasteiger partial charge in [0.05, 0.1) is 15.6 Å². The van der Waals surface area contributed by atoms with E-state index in [1.54, 1.807) is 6.92 Å². The molecule has 1 atom stereocenters. The number of anilines is 2. The van der Waals surface area contributed by atoms with Gasteiger partial charge in [-0.3, -0.25) is 9.69 Å². The van der Waals surface area contributed by atoms with Crippen molar-refractivity contribution < 1.29 is 4.79 Å². The van der Waals surface area contributed by atoms with Crippen molar-refractivity contribution in [2.45, 2.75) is 33.2 Å². The molecule has 0 aliphatic carbocycles. The van der Waals surface area contributed by atoms with E-state index in [1.807, 2.05) is 6.07 Å². The summed E-state index contributed by atoms with van der Waals surface area (Å²) < 4.78 is 0. The first-order chi connectivity index (χ1) is 9.06. The Kier molecular flexibility index (Phi) is 4.47. The third-order valence-corrected chi connectivity index (χ3v) is 5.18. The highest BCUT2D eigenvalue weighted by atomic mass is 32.1. The minimum absolute atomic E-state index is 0.0632. The average molecular weight is 281 g/mol. The maximum Gasteiger partial charge on any atom is 0.171 e. The monoisotopic (exact) mass is 281 g/mol. The van der Waals surface area contributed by atoms with E-state index >= 15 is 0 Å². The first kappa shape index (κ1) is 14.3. The lowest BCUT2D eigenvalue weighted by atomic mass is 10.2. The molecule has 0 spiro atoms. The molecule has 1 aromatic rings. The lowest BCUT2D eigenvalue weighted by Gasteiger charge is -2.26. The molecule has 2 rings (SSSR count). The zero-order chi connectivity index (χ0) is 14.0. The summed E-state index contributed by atoms with van der Waals surface area (Å²) in [7, 11) is 0. The number of hydrogen-bond acceptors (Lipinski definition) is 5. The number of ketones is 1. The van der Waals surface area contributed by atoms with Crippen molar-refractivity contribution in [3.8, 4) is 0 Å². The Morgan fingerprint density at radius 3 is 2.74 bits per heavy atom. The Morgan fingerprint density at radius 1 is 1.53 bits per heavy atom. The minimum atomic E-state index is 0.0632. The normalized spacial score (nSPS) is 19.4. The molecular formula is C14H23N3OS. The van der Waals surface area contributed by atoms with E-state index in [2.05, 4.69) is 23.6 Å². The number of thiophene rings is 1. The zero-order valence-corrected chi connectivity index (χ0v) is 12.8. The van der Waals surface area contributed by atoms with Crippen LogP contribution in [0, 0.1) is 0 Å². The van der Waals surface area contributed by atoms with Crippen molar-refractivity contribution in [1.82, 2.24) is 4.90 Å². The predicted molar refractivity (Wildman–Crippen MR) is 82.3 cm³/mol. The predicted octanol–water partition coefficient (Wildman–Crippen LogP) is 2.45. The van der Waals surface area contributed by atoms with Gasteiger partial charge in [0.2, 0.25) is 0 Å². The fraction of sp³-hybridized carbons (Fsp3) is 0.643. The van der Waals surface area contributed by atoms with Crippen LogP contribution in [0.5, 0.6) is 0 Å². The Bertz CT molecular complexity index is 454. The summed E-state index contributed by atoms with van der Waals surface area (Å²) in [6.45, 7) is 10.3. The molecule has 106 valence electrons. The minimum Gasteiger partial charge on any atom is -0.397 e. The summed E-state index contributed by atoms with van der Waals surface area (Å²) in [6, 6.07) is 2.57. The summed E-state index contributed by atoms with van der Waals surface area (Å²) in [5.41, 5.74) is 6.53. The van der Waals surface area contributed by atoms with Gasteiger partial charge in [-0.05, 0) is 25.6 Å². The maximum atomic E-state index is 11.5. The van der Waals surface area contributed by atoms with Gasteiger partial charge in [0.15, 0.2) is 5.78 Å². The second-order valence-electron chi connectivity index (χ2n) is 5.04. The van der Waals surface area contributed by atoms with Crippen molar-refractivity contribution in [2.75, 3.05) is 36.8 Å². The van der Waals surface area contributed by atoms with Gasteiger partial charge in [-0.25, -0.2) is 0 Å². The molecule has 1 aromatic heterocycles. The first-order valence-electron chi connectivity index (χ1n) is 6.96. The first-order valence-corrected chi connectivity index (χ1v) is 7.77. The van der Waals surface area contributed by atoms with Gasteiger partial charge in [-0.15, -0.1) is 11.3 Å². The summed E-state index contributed by atoms with van der Waals surface area (Å²) in [5.74, 6) is 0.0632. The molecule has 0 saturated carbocycles. The van der Waals surface area contributed by atoms with Crippen LogP contribution in [-0.2, 0) is 0 Å². The number of nitrogen functional groups attached to an aromatic ring is 1. The van der Waals surface area contributed by atoms with E-state index in [-0.39, 0.29) is 5.78 Å². The molecule has 2 heterocycles. The molecule has 1 unspecified atom stereocenters. The Morgan fingerprint density at radius 2 is 2.21 bits per heavy atom. The smallest absolute Gasteiger partial charge is 0.171 e. The lowest BCUT2D eigenvalue weighted by molar-refractivity contribution is 0.102. The summed E-state index contributed by atoms with van der Waals surface area (Å²) in [5, 5.41) is 1.14. The topological polar surface area (TPSA) is 49.6 Å². The molecule has 5 heteroatoms. The number of likely N-dealkylation sites (N-methyl/N-ethyl adjacent to an activating group) is 1. The third-order valence-electron chi connectivity index (χ3n) is 3.87. The van der Waals surface area contributed by atoms with Crippen LogP contribution in [0.25, 0.3) is 0 Å². The van der Waals surface area contributed by atoms with Crippen LogP contribution in [0.2, 0.25) is 0 Å². The van der Waals surface area contributed by atoms with Crippen LogP contribution in [-0.4, -0.2) is 42.9 Å². The molecule has 1 aliphatic rings. The number of Topliss-reactive ketones (excluding diaryl/α,β-unsaturated/α-hetero) is 1. The van der Waals surface area contributed by atoms with E-state index in [0.717, 1.165) is 31.2 Å². The summed E-state index contributed by atoms with van der Waals surface area (Å²) >= 11 is 1.53. The van der Waals surface area contributed by atoms with Crippen molar-refractivity contribution in [3.05, 3.63) is 10.9 Å². The standard InChI is InChI=1S/C14H23N3OS/c1-4-16(5-2)11-6-7-17(9-11)13-8-12(15)14(19-13)10(3)18/h8,11H,4-7,9,15H2,1-3H3. The van der Waals surface area contributed by atoms with Crippen molar-refractivity contribution in [3.63, 3.8) is 0 Å². The average Bonchev–Trinajstić information content (AvgIpc) is 2.97. The fourth-order valence-electron chi connectivity index (χ4n) is 2.80. The van der Waals surface area contributed by atoms with Gasteiger partial charge in [0.25, 0.3) is 0 Å². The number of nitrogens with two attached hydrogens (primary N) is 1. The maximum absolute atomic E-state index is 11.5. The fourth-order valence-corrected chi connectivity index (χ4v) is 3.81. The van der Waals surface area contributed by atoms with Crippen LogP contribution in [0.4, 0.5) is 10.7 Å². The van der Waals surface area contributed by atoms with Gasteiger partial charge in [0.1, 0.15) is 0 Å². The molecule has 1 aliphatic heterocycles. The summed E-state index contributed by atoms with van der Waals surface area (Å²) in [6.07, 6.45) is 1.19. The number of hydrogen-bond donors (Lipinski definition) is 1. The highest BCUT2D eigenvalue weighted by Gasteiger charge is 2.27. The quantitative estimate of drug-likeness (QED) is 0.842. The van der Waals surface area contributed by atoms with Crippen molar-refractivity contribution in [2.24, 2.45) is 0 Å². The molecule has 19 heavy (non-hydrogen) atoms. The van der Waals surface area contributed by atoms with Crippen LogP contribution >= 0.6 is 11.3 Å². The Hall–Kier alpha value is -1.07. The number of nitrogens with zero attached hydrogens (tertiary/aromatic N) is 2. The van der Waals surface area contributed by atoms with Gasteiger partial charge >= 0.3 is 0 Å².